The van der Waals surface area contributed by atoms with Gasteiger partial charge in [-0.25, -0.2) is 9.37 Å². The lowest BCUT2D eigenvalue weighted by Gasteiger charge is -2.13. The van der Waals surface area contributed by atoms with E-state index in [0.29, 0.717) is 0 Å². The average Bonchev–Trinajstić information content (AvgIpc) is 2.84. The largest absolute Gasteiger partial charge is 0.573 e. The normalized spacial score (nSPS) is 11.1. The molecule has 1 N–H and O–H groups in total. The predicted octanol–water partition coefficient (Wildman–Crippen LogP) is 6.01. The molecule has 36 heavy (non-hydrogen) atoms. The third-order valence-corrected chi connectivity index (χ3v) is 5.59. The van der Waals surface area contributed by atoms with Crippen molar-refractivity contribution in [2.24, 2.45) is 0 Å². The number of halogens is 4. The third kappa shape index (κ3) is 6.58. The summed E-state index contributed by atoms with van der Waals surface area (Å²) in [6, 6.07) is 20.0. The number of nitrogens with zero attached hydrogens (tertiary/aromatic N) is 1. The van der Waals surface area contributed by atoms with Crippen LogP contribution in [0.5, 0.6) is 17.4 Å². The molecule has 1 atom stereocenters. The van der Waals surface area contributed by atoms with Gasteiger partial charge in [-0.15, -0.1) is 22.4 Å². The highest BCUT2D eigenvalue weighted by atomic mass is 31.0. The number of carbonyl (C=O) groups excluding carboxylic acids is 1. The Labute approximate surface area is 206 Å². The molecule has 4 aromatic rings. The first-order chi connectivity index (χ1) is 17.2. The molecule has 3 aromatic carbocycles. The molecule has 5 nitrogen and oxygen atoms in total. The summed E-state index contributed by atoms with van der Waals surface area (Å²) in [7, 11) is 2.62. The monoisotopic (exact) mass is 514 g/mol. The lowest BCUT2D eigenvalue weighted by Crippen LogP contribution is -2.24. The van der Waals surface area contributed by atoms with Crippen molar-refractivity contribution in [2.75, 3.05) is 0 Å². The summed E-state index contributed by atoms with van der Waals surface area (Å²) in [4.78, 5) is 16.6. The van der Waals surface area contributed by atoms with Crippen LogP contribution in [0, 0.1) is 5.82 Å². The summed E-state index contributed by atoms with van der Waals surface area (Å²) in [5, 5.41) is 3.67. The SMILES string of the molecule is O=C(NCc1ccc(-c2ccc(F)cc2)cc1P)c1ccc(Oc2ccccc2OC(F)(F)F)nc1. The van der Waals surface area contributed by atoms with Gasteiger partial charge in [-0.3, -0.25) is 4.79 Å². The van der Waals surface area contributed by atoms with Crippen LogP contribution in [0.1, 0.15) is 15.9 Å². The van der Waals surface area contributed by atoms with Crippen LogP contribution in [-0.2, 0) is 6.54 Å². The van der Waals surface area contributed by atoms with Crippen molar-refractivity contribution in [3.63, 3.8) is 0 Å². The number of amides is 1. The maximum atomic E-state index is 13.2. The number of benzene rings is 3. The van der Waals surface area contributed by atoms with Gasteiger partial charge in [0.2, 0.25) is 5.88 Å². The zero-order valence-electron chi connectivity index (χ0n) is 18.6. The topological polar surface area (TPSA) is 60.5 Å². The molecule has 0 saturated heterocycles. The number of para-hydroxylation sites is 2. The molecule has 0 fully saturated rings. The second-order valence-corrected chi connectivity index (χ2v) is 8.21. The molecular formula is C26H19F4N2O3P. The van der Waals surface area contributed by atoms with Gasteiger partial charge < -0.3 is 14.8 Å². The Morgan fingerprint density at radius 2 is 1.61 bits per heavy atom. The fourth-order valence-corrected chi connectivity index (χ4v) is 3.66. The molecule has 1 aromatic heterocycles. The number of hydrogen-bond acceptors (Lipinski definition) is 4. The van der Waals surface area contributed by atoms with Gasteiger partial charge in [-0.2, -0.15) is 0 Å². The van der Waals surface area contributed by atoms with Crippen molar-refractivity contribution in [2.45, 2.75) is 12.9 Å². The molecule has 0 aliphatic carbocycles. The minimum absolute atomic E-state index is 0.00611. The molecule has 0 bridgehead atoms. The van der Waals surface area contributed by atoms with Gasteiger partial charge in [0.1, 0.15) is 5.82 Å². The van der Waals surface area contributed by atoms with Gasteiger partial charge in [0.05, 0.1) is 5.56 Å². The molecule has 4 rings (SSSR count). The van der Waals surface area contributed by atoms with E-state index in [0.717, 1.165) is 28.1 Å². The van der Waals surface area contributed by atoms with Crippen LogP contribution in [0.15, 0.2) is 85.1 Å². The smallest absolute Gasteiger partial charge is 0.435 e. The number of ether oxygens (including phenoxy) is 2. The highest BCUT2D eigenvalue weighted by Crippen LogP contribution is 2.34. The molecule has 0 radical (unpaired) electrons. The fraction of sp³-hybridized carbons (Fsp3) is 0.0769. The zero-order chi connectivity index (χ0) is 25.7. The molecule has 0 aliphatic heterocycles. The molecule has 1 heterocycles. The maximum Gasteiger partial charge on any atom is 0.573 e. The van der Waals surface area contributed by atoms with Gasteiger partial charge in [0.25, 0.3) is 5.91 Å². The van der Waals surface area contributed by atoms with E-state index in [-0.39, 0.29) is 35.5 Å². The highest BCUT2D eigenvalue weighted by molar-refractivity contribution is 7.27. The van der Waals surface area contributed by atoms with Crippen LogP contribution in [-0.4, -0.2) is 17.3 Å². The van der Waals surface area contributed by atoms with Crippen LogP contribution in [0.25, 0.3) is 11.1 Å². The van der Waals surface area contributed by atoms with E-state index in [1.807, 2.05) is 18.2 Å². The summed E-state index contributed by atoms with van der Waals surface area (Å²) in [5.41, 5.74) is 2.90. The summed E-state index contributed by atoms with van der Waals surface area (Å²) in [5.74, 6) is -1.38. The van der Waals surface area contributed by atoms with E-state index in [2.05, 4.69) is 24.3 Å². The standard InChI is InChI=1S/C26H19F4N2O3P/c27-20-10-7-16(8-11-20)17-5-6-18(23(36)13-17)14-32-25(33)19-9-12-24(31-15-19)34-21-3-1-2-4-22(21)35-26(28,29)30/h1-13,15H,14,36H2,(H,32,33). The molecule has 0 spiro atoms. The first kappa shape index (κ1) is 25.1. The Morgan fingerprint density at radius 1 is 0.917 bits per heavy atom. The van der Waals surface area contributed by atoms with Crippen LogP contribution >= 0.6 is 9.24 Å². The number of hydrogen-bond donors (Lipinski definition) is 1. The van der Waals surface area contributed by atoms with E-state index in [9.17, 15) is 22.4 Å². The number of rotatable bonds is 7. The van der Waals surface area contributed by atoms with Crippen molar-refractivity contribution in [3.05, 3.63) is 102 Å². The summed E-state index contributed by atoms with van der Waals surface area (Å²) < 4.78 is 60.2. The Morgan fingerprint density at radius 3 is 2.25 bits per heavy atom. The lowest BCUT2D eigenvalue weighted by atomic mass is 10.0. The van der Waals surface area contributed by atoms with E-state index in [4.69, 9.17) is 4.74 Å². The van der Waals surface area contributed by atoms with Crippen molar-refractivity contribution >= 4 is 20.5 Å². The predicted molar refractivity (Wildman–Crippen MR) is 130 cm³/mol. The van der Waals surface area contributed by atoms with Gasteiger partial charge in [0, 0.05) is 18.8 Å². The molecule has 184 valence electrons. The molecule has 1 amide bonds. The number of carbonyl (C=O) groups is 1. The van der Waals surface area contributed by atoms with Crippen LogP contribution in [0.3, 0.4) is 0 Å². The summed E-state index contributed by atoms with van der Waals surface area (Å²) >= 11 is 0. The second kappa shape index (κ2) is 10.7. The van der Waals surface area contributed by atoms with E-state index in [1.165, 1.54) is 48.7 Å². The van der Waals surface area contributed by atoms with Crippen molar-refractivity contribution in [1.29, 1.82) is 0 Å². The van der Waals surface area contributed by atoms with Crippen LogP contribution in [0.2, 0.25) is 0 Å². The van der Waals surface area contributed by atoms with Gasteiger partial charge >= 0.3 is 6.36 Å². The Bertz CT molecular complexity index is 1360. The summed E-state index contributed by atoms with van der Waals surface area (Å²) in [6.45, 7) is 0.252. The third-order valence-electron chi connectivity index (χ3n) is 5.05. The fourth-order valence-electron chi connectivity index (χ4n) is 3.29. The van der Waals surface area contributed by atoms with Crippen molar-refractivity contribution < 1.29 is 31.8 Å². The van der Waals surface area contributed by atoms with Gasteiger partial charge in [0.15, 0.2) is 11.5 Å². The Hall–Kier alpha value is -3.97. The Balaban J connectivity index is 1.38. The first-order valence-electron chi connectivity index (χ1n) is 10.6. The summed E-state index contributed by atoms with van der Waals surface area (Å²) in [6.07, 6.45) is -3.61. The second-order valence-electron chi connectivity index (χ2n) is 7.58. The lowest BCUT2D eigenvalue weighted by molar-refractivity contribution is -0.275. The number of aromatic nitrogens is 1. The minimum atomic E-state index is -4.87. The maximum absolute atomic E-state index is 13.2. The molecule has 0 saturated carbocycles. The molecule has 0 aliphatic rings. The van der Waals surface area contributed by atoms with Gasteiger partial charge in [-0.1, -0.05) is 36.4 Å². The highest BCUT2D eigenvalue weighted by Gasteiger charge is 2.32. The minimum Gasteiger partial charge on any atom is -0.435 e. The molecule has 10 heteroatoms. The van der Waals surface area contributed by atoms with Crippen molar-refractivity contribution in [1.82, 2.24) is 10.3 Å². The van der Waals surface area contributed by atoms with Crippen molar-refractivity contribution in [3.8, 4) is 28.5 Å². The number of pyridine rings is 1. The number of alkyl halides is 3. The first-order valence-corrected chi connectivity index (χ1v) is 11.2. The zero-order valence-corrected chi connectivity index (χ0v) is 19.7. The van der Waals surface area contributed by atoms with Crippen LogP contribution < -0.4 is 20.1 Å². The van der Waals surface area contributed by atoms with Crippen LogP contribution in [0.4, 0.5) is 17.6 Å². The number of nitrogens with one attached hydrogen (secondary N) is 1. The molecular weight excluding hydrogens is 495 g/mol. The molecule has 1 unspecified atom stereocenters. The van der Waals surface area contributed by atoms with E-state index < -0.39 is 12.1 Å². The van der Waals surface area contributed by atoms with Gasteiger partial charge in [-0.05, 0) is 58.4 Å². The Kier molecular flexibility index (Phi) is 7.50. The quantitative estimate of drug-likeness (QED) is 0.243. The average molecular weight is 514 g/mol. The van der Waals surface area contributed by atoms with E-state index >= 15 is 0 Å². The van der Waals surface area contributed by atoms with E-state index in [1.54, 1.807) is 12.1 Å².